The Kier molecular flexibility index (Phi) is 3.71. The molecule has 0 aliphatic carbocycles. The van der Waals surface area contributed by atoms with Crippen LogP contribution < -0.4 is 15.6 Å². The largest absolute Gasteiger partial charge is 0.497 e. The van der Waals surface area contributed by atoms with Gasteiger partial charge in [0, 0.05) is 24.7 Å². The predicted octanol–water partition coefficient (Wildman–Crippen LogP) is 2.21. The lowest BCUT2D eigenvalue weighted by atomic mass is 9.99. The van der Waals surface area contributed by atoms with Crippen molar-refractivity contribution in [3.63, 3.8) is 0 Å². The van der Waals surface area contributed by atoms with Crippen molar-refractivity contribution < 1.29 is 9.53 Å². The number of hydrogen-bond acceptors (Lipinski definition) is 4. The quantitative estimate of drug-likeness (QED) is 0.883. The number of ether oxygens (including phenoxy) is 1. The Balaban J connectivity index is 2.10. The summed E-state index contributed by atoms with van der Waals surface area (Å²) in [5.41, 5.74) is 1.79. The van der Waals surface area contributed by atoms with Crippen molar-refractivity contribution in [2.75, 3.05) is 19.0 Å². The van der Waals surface area contributed by atoms with Gasteiger partial charge in [0.05, 0.1) is 12.7 Å². The number of anilines is 1. The summed E-state index contributed by atoms with van der Waals surface area (Å²) in [5, 5.41) is 3.20. The van der Waals surface area contributed by atoms with E-state index in [9.17, 15) is 9.59 Å². The van der Waals surface area contributed by atoms with Gasteiger partial charge in [0.1, 0.15) is 11.6 Å². The van der Waals surface area contributed by atoms with Gasteiger partial charge in [-0.05, 0) is 43.2 Å². The summed E-state index contributed by atoms with van der Waals surface area (Å²) < 4.78 is 6.76. The van der Waals surface area contributed by atoms with E-state index < -0.39 is 0 Å². The summed E-state index contributed by atoms with van der Waals surface area (Å²) in [6.07, 6.45) is 0.881. The van der Waals surface area contributed by atoms with Crippen LogP contribution in [0.3, 0.4) is 0 Å². The van der Waals surface area contributed by atoms with Crippen LogP contribution in [-0.4, -0.2) is 24.0 Å². The Labute approximate surface area is 128 Å². The maximum atomic E-state index is 12.9. The monoisotopic (exact) mass is 298 g/mol. The number of fused-ring (bicyclic) bond motifs is 1. The molecule has 0 radical (unpaired) electrons. The minimum Gasteiger partial charge on any atom is -0.497 e. The van der Waals surface area contributed by atoms with Gasteiger partial charge in [0.2, 0.25) is 0 Å². The topological polar surface area (TPSA) is 60.3 Å². The fraction of sp³-hybridized carbons (Fsp3) is 0.294. The molecule has 5 nitrogen and oxygen atoms in total. The minimum absolute atomic E-state index is 0.0639. The lowest BCUT2D eigenvalue weighted by Crippen LogP contribution is -2.31. The zero-order chi connectivity index (χ0) is 15.7. The van der Waals surface area contributed by atoms with E-state index in [1.54, 1.807) is 42.9 Å². The highest BCUT2D eigenvalue weighted by molar-refractivity contribution is 6.12. The highest BCUT2D eigenvalue weighted by atomic mass is 16.5. The predicted molar refractivity (Wildman–Crippen MR) is 85.0 cm³/mol. The van der Waals surface area contributed by atoms with Crippen LogP contribution >= 0.6 is 0 Å². The van der Waals surface area contributed by atoms with E-state index in [0.717, 1.165) is 13.0 Å². The first kappa shape index (κ1) is 14.4. The number of nitrogens with one attached hydrogen (secondary N) is 1. The van der Waals surface area contributed by atoms with Gasteiger partial charge in [0.25, 0.3) is 5.56 Å². The molecule has 0 amide bonds. The summed E-state index contributed by atoms with van der Waals surface area (Å²) in [6, 6.07) is 8.54. The molecule has 5 heteroatoms. The van der Waals surface area contributed by atoms with Gasteiger partial charge in [-0.1, -0.05) is 0 Å². The average molecular weight is 298 g/mol. The van der Waals surface area contributed by atoms with Crippen LogP contribution in [0.15, 0.2) is 35.1 Å². The number of carbonyl (C=O) groups is 1. The van der Waals surface area contributed by atoms with Crippen LogP contribution in [0.1, 0.15) is 27.9 Å². The summed E-state index contributed by atoms with van der Waals surface area (Å²) in [7, 11) is 1.59. The van der Waals surface area contributed by atoms with E-state index in [1.807, 2.05) is 0 Å². The van der Waals surface area contributed by atoms with E-state index >= 15 is 0 Å². The van der Waals surface area contributed by atoms with Gasteiger partial charge in [-0.2, -0.15) is 0 Å². The van der Waals surface area contributed by atoms with Crippen molar-refractivity contribution in [1.82, 2.24) is 4.57 Å². The second-order valence-corrected chi connectivity index (χ2v) is 5.38. The molecule has 0 saturated heterocycles. The summed E-state index contributed by atoms with van der Waals surface area (Å²) in [5.74, 6) is 1.26. The normalized spacial score (nSPS) is 13.2. The molecule has 0 atom stereocenters. The smallest absolute Gasteiger partial charge is 0.252 e. The molecule has 22 heavy (non-hydrogen) atoms. The van der Waals surface area contributed by atoms with E-state index in [1.165, 1.54) is 6.07 Å². The third-order valence-corrected chi connectivity index (χ3v) is 3.94. The van der Waals surface area contributed by atoms with Crippen LogP contribution in [0.5, 0.6) is 5.75 Å². The van der Waals surface area contributed by atoms with Gasteiger partial charge in [-0.25, -0.2) is 0 Å². The number of hydrogen-bond donors (Lipinski definition) is 1. The number of aryl methyl sites for hydroxylation is 1. The van der Waals surface area contributed by atoms with Crippen molar-refractivity contribution in [1.29, 1.82) is 0 Å². The lowest BCUT2D eigenvalue weighted by Gasteiger charge is -2.23. The van der Waals surface area contributed by atoms with Crippen molar-refractivity contribution in [3.05, 3.63) is 57.4 Å². The third-order valence-electron chi connectivity index (χ3n) is 3.94. The molecule has 1 aliphatic heterocycles. The number of pyridine rings is 1. The number of aromatic nitrogens is 1. The van der Waals surface area contributed by atoms with Crippen molar-refractivity contribution in [2.45, 2.75) is 19.9 Å². The second-order valence-electron chi connectivity index (χ2n) is 5.38. The van der Waals surface area contributed by atoms with Crippen LogP contribution in [0, 0.1) is 6.92 Å². The molecular formula is C17H18N2O3. The molecule has 1 aliphatic rings. The summed E-state index contributed by atoms with van der Waals surface area (Å²) in [6.45, 7) is 3.21. The highest BCUT2D eigenvalue weighted by Crippen LogP contribution is 2.24. The Bertz CT molecular complexity index is 776. The molecule has 1 aromatic carbocycles. The van der Waals surface area contributed by atoms with Gasteiger partial charge < -0.3 is 10.1 Å². The maximum absolute atomic E-state index is 12.9. The third kappa shape index (κ3) is 2.39. The zero-order valence-electron chi connectivity index (χ0n) is 12.7. The van der Waals surface area contributed by atoms with Gasteiger partial charge >= 0.3 is 0 Å². The number of methoxy groups -OCH3 is 1. The molecule has 0 saturated carbocycles. The molecule has 0 bridgehead atoms. The fourth-order valence-corrected chi connectivity index (χ4v) is 2.79. The van der Waals surface area contributed by atoms with Gasteiger partial charge in [0.15, 0.2) is 5.78 Å². The SMILES string of the molecule is COc1ccc(C(=O)c2c(C)cc(=O)n3c2NCCC3)cc1. The Morgan fingerprint density at radius 1 is 1.27 bits per heavy atom. The molecule has 0 unspecified atom stereocenters. The van der Waals surface area contributed by atoms with Crippen LogP contribution in [-0.2, 0) is 6.54 Å². The van der Waals surface area contributed by atoms with Gasteiger partial charge in [-0.15, -0.1) is 0 Å². The highest BCUT2D eigenvalue weighted by Gasteiger charge is 2.22. The summed E-state index contributed by atoms with van der Waals surface area (Å²) >= 11 is 0. The Morgan fingerprint density at radius 3 is 2.68 bits per heavy atom. The van der Waals surface area contributed by atoms with Crippen molar-refractivity contribution in [3.8, 4) is 5.75 Å². The van der Waals surface area contributed by atoms with E-state index in [-0.39, 0.29) is 11.3 Å². The Morgan fingerprint density at radius 2 is 2.00 bits per heavy atom. The molecule has 3 rings (SSSR count). The van der Waals surface area contributed by atoms with Gasteiger partial charge in [-0.3, -0.25) is 14.2 Å². The molecule has 1 aromatic heterocycles. The summed E-state index contributed by atoms with van der Waals surface area (Å²) in [4.78, 5) is 24.9. The number of rotatable bonds is 3. The molecule has 0 fully saturated rings. The van der Waals surface area contributed by atoms with Crippen LogP contribution in [0.2, 0.25) is 0 Å². The fourth-order valence-electron chi connectivity index (χ4n) is 2.79. The van der Waals surface area contributed by atoms with E-state index in [2.05, 4.69) is 5.32 Å². The first-order valence-corrected chi connectivity index (χ1v) is 7.29. The van der Waals surface area contributed by atoms with Crippen molar-refractivity contribution in [2.24, 2.45) is 0 Å². The van der Waals surface area contributed by atoms with Crippen LogP contribution in [0.4, 0.5) is 5.82 Å². The number of nitrogens with zero attached hydrogens (tertiary/aromatic N) is 1. The number of benzene rings is 1. The molecular weight excluding hydrogens is 280 g/mol. The van der Waals surface area contributed by atoms with Crippen LogP contribution in [0.25, 0.3) is 0 Å². The maximum Gasteiger partial charge on any atom is 0.252 e. The van der Waals surface area contributed by atoms with Crippen molar-refractivity contribution >= 4 is 11.6 Å². The van der Waals surface area contributed by atoms with E-state index in [0.29, 0.717) is 34.8 Å². The first-order valence-electron chi connectivity index (χ1n) is 7.29. The number of carbonyl (C=O) groups excluding carboxylic acids is 1. The second kappa shape index (κ2) is 5.67. The number of ketones is 1. The first-order chi connectivity index (χ1) is 10.6. The molecule has 2 heterocycles. The standard InChI is InChI=1S/C17H18N2O3/c1-11-10-14(20)19-9-3-8-18-17(19)15(11)16(21)12-4-6-13(22-2)7-5-12/h4-7,10,18H,3,8-9H2,1-2H3. The zero-order valence-corrected chi connectivity index (χ0v) is 12.7. The molecule has 0 spiro atoms. The molecule has 114 valence electrons. The van der Waals surface area contributed by atoms with E-state index in [4.69, 9.17) is 4.74 Å². The average Bonchev–Trinajstić information content (AvgIpc) is 2.55. The Hall–Kier alpha value is -2.56. The minimum atomic E-state index is -0.0849. The lowest BCUT2D eigenvalue weighted by molar-refractivity contribution is 0.103. The molecule has 1 N–H and O–H groups in total. The molecule has 2 aromatic rings.